The molecule has 0 aliphatic carbocycles. The zero-order valence-electron chi connectivity index (χ0n) is 6.51. The molecular formula is C6H8Cl2N4. The Morgan fingerprint density at radius 3 is 2.67 bits per heavy atom. The van der Waals surface area contributed by atoms with Crippen LogP contribution in [0.4, 0.5) is 5.95 Å². The number of nitrogens with zero attached hydrogens (tertiary/aromatic N) is 3. The highest BCUT2D eigenvalue weighted by Gasteiger charge is 1.99. The molecule has 0 fully saturated rings. The number of halogens is 2. The zero-order valence-corrected chi connectivity index (χ0v) is 8.02. The average molecular weight is 207 g/mol. The first-order valence-corrected chi connectivity index (χ1v) is 4.31. The van der Waals surface area contributed by atoms with Gasteiger partial charge in [-0.05, 0) is 18.5 Å². The summed E-state index contributed by atoms with van der Waals surface area (Å²) >= 11 is 11.1. The fraction of sp³-hybridized carbons (Fsp3) is 0.500. The van der Waals surface area contributed by atoms with E-state index in [2.05, 4.69) is 20.3 Å². The fourth-order valence-electron chi connectivity index (χ4n) is 0.687. The molecule has 0 bridgehead atoms. The number of aryl methyl sites for hydroxylation is 1. The second-order valence-electron chi connectivity index (χ2n) is 2.09. The molecule has 0 saturated carbocycles. The summed E-state index contributed by atoms with van der Waals surface area (Å²) in [5, 5.41) is 3.09. The minimum atomic E-state index is 0.194. The molecule has 6 heteroatoms. The molecule has 4 nitrogen and oxygen atoms in total. The smallest absolute Gasteiger partial charge is 0.227 e. The van der Waals surface area contributed by atoms with Gasteiger partial charge < -0.3 is 5.32 Å². The molecule has 1 aromatic heterocycles. The molecule has 0 atom stereocenters. The first-order chi connectivity index (χ1) is 5.72. The topological polar surface area (TPSA) is 50.7 Å². The summed E-state index contributed by atoms with van der Waals surface area (Å²) in [6, 6.07) is 0. The lowest BCUT2D eigenvalue weighted by atomic mass is 10.7. The molecular weight excluding hydrogens is 199 g/mol. The predicted octanol–water partition coefficient (Wildman–Crippen LogP) is 1.48. The van der Waals surface area contributed by atoms with Crippen molar-refractivity contribution in [3.05, 3.63) is 11.1 Å². The van der Waals surface area contributed by atoms with Crippen LogP contribution in [-0.2, 0) is 0 Å². The highest BCUT2D eigenvalue weighted by molar-refractivity contribution is 6.28. The molecule has 0 unspecified atom stereocenters. The third kappa shape index (κ3) is 2.79. The zero-order chi connectivity index (χ0) is 8.97. The van der Waals surface area contributed by atoms with E-state index in [1.807, 2.05) is 0 Å². The minimum Gasteiger partial charge on any atom is -0.353 e. The Hall–Kier alpha value is -0.610. The number of rotatable bonds is 3. The molecule has 0 saturated heterocycles. The second-order valence-corrected chi connectivity index (χ2v) is 2.81. The Morgan fingerprint density at radius 1 is 1.33 bits per heavy atom. The van der Waals surface area contributed by atoms with Crippen molar-refractivity contribution in [3.8, 4) is 0 Å². The number of anilines is 1. The van der Waals surface area contributed by atoms with Crippen molar-refractivity contribution >= 4 is 29.2 Å². The molecule has 1 heterocycles. The molecule has 0 aliphatic heterocycles. The van der Waals surface area contributed by atoms with E-state index >= 15 is 0 Å². The summed E-state index contributed by atoms with van der Waals surface area (Å²) in [6.07, 6.45) is 0. The van der Waals surface area contributed by atoms with Gasteiger partial charge in [0, 0.05) is 12.4 Å². The Kier molecular flexibility index (Phi) is 3.49. The third-order valence-corrected chi connectivity index (χ3v) is 1.46. The molecule has 0 radical (unpaired) electrons. The lowest BCUT2D eigenvalue weighted by Gasteiger charge is -2.01. The van der Waals surface area contributed by atoms with E-state index in [4.69, 9.17) is 23.2 Å². The Balaban J connectivity index is 2.72. The van der Waals surface area contributed by atoms with Crippen LogP contribution in [-0.4, -0.2) is 27.4 Å². The number of hydrogen-bond donors (Lipinski definition) is 1. The highest BCUT2D eigenvalue weighted by Crippen LogP contribution is 2.04. The molecule has 66 valence electrons. The van der Waals surface area contributed by atoms with Gasteiger partial charge in [-0.15, -0.1) is 11.6 Å². The van der Waals surface area contributed by atoms with E-state index in [0.717, 1.165) is 0 Å². The maximum absolute atomic E-state index is 5.59. The van der Waals surface area contributed by atoms with Crippen LogP contribution in [0.25, 0.3) is 0 Å². The van der Waals surface area contributed by atoms with Crippen LogP contribution in [0.5, 0.6) is 0 Å². The molecule has 12 heavy (non-hydrogen) atoms. The van der Waals surface area contributed by atoms with Crippen LogP contribution in [0, 0.1) is 6.92 Å². The van der Waals surface area contributed by atoms with E-state index in [0.29, 0.717) is 24.2 Å². The number of alkyl halides is 1. The quantitative estimate of drug-likeness (QED) is 0.762. The van der Waals surface area contributed by atoms with Crippen LogP contribution in [0.15, 0.2) is 0 Å². The molecule has 1 N–H and O–H groups in total. The van der Waals surface area contributed by atoms with Gasteiger partial charge in [-0.2, -0.15) is 9.97 Å². The van der Waals surface area contributed by atoms with Gasteiger partial charge in [0.25, 0.3) is 0 Å². The Bertz CT molecular complexity index is 245. The van der Waals surface area contributed by atoms with Gasteiger partial charge in [-0.1, -0.05) is 0 Å². The summed E-state index contributed by atoms with van der Waals surface area (Å²) in [6.45, 7) is 2.36. The summed E-state index contributed by atoms with van der Waals surface area (Å²) < 4.78 is 0. The average Bonchev–Trinajstić information content (AvgIpc) is 1.99. The first-order valence-electron chi connectivity index (χ1n) is 3.40. The van der Waals surface area contributed by atoms with E-state index in [1.54, 1.807) is 6.92 Å². The van der Waals surface area contributed by atoms with Gasteiger partial charge in [-0.3, -0.25) is 0 Å². The van der Waals surface area contributed by atoms with E-state index in [9.17, 15) is 0 Å². The highest BCUT2D eigenvalue weighted by atomic mass is 35.5. The van der Waals surface area contributed by atoms with Crippen LogP contribution in [0.2, 0.25) is 5.28 Å². The van der Waals surface area contributed by atoms with Crippen molar-refractivity contribution in [2.24, 2.45) is 0 Å². The van der Waals surface area contributed by atoms with Crippen LogP contribution in [0.3, 0.4) is 0 Å². The summed E-state index contributed by atoms with van der Waals surface area (Å²) in [5.41, 5.74) is 0. The van der Waals surface area contributed by atoms with Gasteiger partial charge in [0.05, 0.1) is 0 Å². The van der Waals surface area contributed by atoms with Gasteiger partial charge in [0.2, 0.25) is 11.2 Å². The molecule has 1 aromatic rings. The largest absolute Gasteiger partial charge is 0.353 e. The number of hydrogen-bond acceptors (Lipinski definition) is 4. The fourth-order valence-corrected chi connectivity index (χ4v) is 0.984. The first kappa shape index (κ1) is 9.48. The maximum atomic E-state index is 5.59. The lowest BCUT2D eigenvalue weighted by molar-refractivity contribution is 0.963. The van der Waals surface area contributed by atoms with E-state index in [1.165, 1.54) is 0 Å². The normalized spacial score (nSPS) is 9.92. The standard InChI is InChI=1S/C6H8Cl2N4/c1-4-10-5(8)12-6(11-4)9-3-2-7/h2-3H2,1H3,(H,9,10,11,12). The van der Waals surface area contributed by atoms with E-state index in [-0.39, 0.29) is 5.28 Å². The summed E-state index contributed by atoms with van der Waals surface area (Å²) in [4.78, 5) is 11.7. The van der Waals surface area contributed by atoms with Gasteiger partial charge in [0.1, 0.15) is 5.82 Å². The van der Waals surface area contributed by atoms with Gasteiger partial charge in [-0.25, -0.2) is 4.98 Å². The van der Waals surface area contributed by atoms with Crippen molar-refractivity contribution in [3.63, 3.8) is 0 Å². The van der Waals surface area contributed by atoms with Gasteiger partial charge in [0.15, 0.2) is 0 Å². The number of aromatic nitrogens is 3. The van der Waals surface area contributed by atoms with E-state index < -0.39 is 0 Å². The summed E-state index contributed by atoms with van der Waals surface area (Å²) in [5.74, 6) is 1.56. The van der Waals surface area contributed by atoms with Crippen LogP contribution >= 0.6 is 23.2 Å². The van der Waals surface area contributed by atoms with Crippen molar-refractivity contribution in [1.82, 2.24) is 15.0 Å². The van der Waals surface area contributed by atoms with Crippen LogP contribution in [0.1, 0.15) is 5.82 Å². The molecule has 0 spiro atoms. The predicted molar refractivity (Wildman–Crippen MR) is 48.8 cm³/mol. The molecule has 1 rings (SSSR count). The van der Waals surface area contributed by atoms with Crippen LogP contribution < -0.4 is 5.32 Å². The van der Waals surface area contributed by atoms with Crippen molar-refractivity contribution in [1.29, 1.82) is 0 Å². The number of nitrogens with one attached hydrogen (secondary N) is 1. The second kappa shape index (κ2) is 4.42. The van der Waals surface area contributed by atoms with Crippen molar-refractivity contribution in [2.75, 3.05) is 17.7 Å². The third-order valence-electron chi connectivity index (χ3n) is 1.10. The van der Waals surface area contributed by atoms with Crippen molar-refractivity contribution < 1.29 is 0 Å². The Morgan fingerprint density at radius 2 is 2.08 bits per heavy atom. The molecule has 0 amide bonds. The Labute approximate surface area is 80.3 Å². The molecule has 0 aliphatic rings. The van der Waals surface area contributed by atoms with Gasteiger partial charge >= 0.3 is 0 Å². The minimum absolute atomic E-state index is 0.194. The lowest BCUT2D eigenvalue weighted by Crippen LogP contribution is -2.07. The molecule has 0 aromatic carbocycles. The monoisotopic (exact) mass is 206 g/mol. The summed E-state index contributed by atoms with van der Waals surface area (Å²) in [7, 11) is 0. The van der Waals surface area contributed by atoms with Crippen molar-refractivity contribution in [2.45, 2.75) is 6.92 Å². The SMILES string of the molecule is Cc1nc(Cl)nc(NCCCl)n1. The maximum Gasteiger partial charge on any atom is 0.227 e.